The monoisotopic (exact) mass is 422 g/mol. The molecular weight excluding hydrogens is 404 g/mol. The molecule has 1 heterocycles. The third kappa shape index (κ3) is 4.55. The van der Waals surface area contributed by atoms with E-state index < -0.39 is 5.97 Å². The van der Waals surface area contributed by atoms with Gasteiger partial charge in [-0.25, -0.2) is 4.79 Å². The highest BCUT2D eigenvalue weighted by Gasteiger charge is 2.22. The molecule has 0 saturated carbocycles. The summed E-state index contributed by atoms with van der Waals surface area (Å²) >= 11 is 6.19. The van der Waals surface area contributed by atoms with Crippen LogP contribution in [0.25, 0.3) is 0 Å². The number of amides is 2. The van der Waals surface area contributed by atoms with Crippen molar-refractivity contribution in [1.29, 1.82) is 0 Å². The molecule has 7 heteroatoms. The molecule has 2 N–H and O–H groups in total. The van der Waals surface area contributed by atoms with Gasteiger partial charge in [-0.15, -0.1) is 0 Å². The van der Waals surface area contributed by atoms with Crippen molar-refractivity contribution in [1.82, 2.24) is 4.90 Å². The zero-order valence-corrected chi connectivity index (χ0v) is 16.7. The Hall–Kier alpha value is -3.51. The lowest BCUT2D eigenvalue weighted by atomic mass is 10.1. The minimum absolute atomic E-state index is 0.101. The van der Waals surface area contributed by atoms with Crippen molar-refractivity contribution in [3.63, 3.8) is 0 Å². The summed E-state index contributed by atoms with van der Waals surface area (Å²) in [6.45, 7) is 1.19. The number of ether oxygens (including phenoxy) is 1. The summed E-state index contributed by atoms with van der Waals surface area (Å²) in [6, 6.07) is 19.7. The van der Waals surface area contributed by atoms with Crippen molar-refractivity contribution in [2.24, 2.45) is 0 Å². The third-order valence-electron chi connectivity index (χ3n) is 4.81. The maximum absolute atomic E-state index is 12.5. The lowest BCUT2D eigenvalue weighted by Crippen LogP contribution is -2.30. The number of fused-ring (bicyclic) bond motifs is 1. The van der Waals surface area contributed by atoms with Gasteiger partial charge in [0.05, 0.1) is 11.4 Å². The second-order valence-corrected chi connectivity index (χ2v) is 7.42. The van der Waals surface area contributed by atoms with Gasteiger partial charge in [0.15, 0.2) is 0 Å². The van der Waals surface area contributed by atoms with Crippen LogP contribution in [0.1, 0.15) is 16.7 Å². The van der Waals surface area contributed by atoms with E-state index in [1.807, 2.05) is 24.3 Å². The first-order valence-corrected chi connectivity index (χ1v) is 9.76. The molecule has 0 aromatic heterocycles. The fourth-order valence-corrected chi connectivity index (χ4v) is 3.57. The van der Waals surface area contributed by atoms with Crippen molar-refractivity contribution in [3.05, 3.63) is 88.4 Å². The number of carbonyl (C=O) groups excluding carboxylic acids is 1. The van der Waals surface area contributed by atoms with Crippen molar-refractivity contribution in [2.45, 2.75) is 19.5 Å². The molecule has 0 atom stereocenters. The van der Waals surface area contributed by atoms with Crippen LogP contribution in [0.3, 0.4) is 0 Å². The molecule has 1 aliphatic rings. The number of nitrogens with one attached hydrogen (secondary N) is 1. The molecule has 4 rings (SSSR count). The largest absolute Gasteiger partial charge is 0.481 e. The number of benzene rings is 3. The van der Waals surface area contributed by atoms with E-state index in [0.29, 0.717) is 40.9 Å². The molecular formula is C23H19ClN2O4. The molecule has 0 aliphatic carbocycles. The first kappa shape index (κ1) is 19.8. The number of rotatable bonds is 5. The minimum atomic E-state index is -0.921. The van der Waals surface area contributed by atoms with E-state index in [2.05, 4.69) is 5.32 Å². The van der Waals surface area contributed by atoms with Crippen LogP contribution >= 0.6 is 11.6 Å². The Morgan fingerprint density at radius 1 is 1.00 bits per heavy atom. The Bertz CT molecular complexity index is 1070. The fourth-order valence-electron chi connectivity index (χ4n) is 3.32. The average molecular weight is 423 g/mol. The fraction of sp³-hybridized carbons (Fsp3) is 0.130. The van der Waals surface area contributed by atoms with Gasteiger partial charge in [-0.2, -0.15) is 0 Å². The highest BCUT2D eigenvalue weighted by Crippen LogP contribution is 2.31. The predicted octanol–water partition coefficient (Wildman–Crippen LogP) is 5.31. The molecule has 0 spiro atoms. The Morgan fingerprint density at radius 2 is 1.67 bits per heavy atom. The summed E-state index contributed by atoms with van der Waals surface area (Å²) in [6.07, 6.45) is -0.101. The first-order valence-electron chi connectivity index (χ1n) is 9.39. The van der Waals surface area contributed by atoms with Gasteiger partial charge in [0.25, 0.3) is 0 Å². The number of hydrogen-bond acceptors (Lipinski definition) is 3. The Balaban J connectivity index is 1.36. The summed E-state index contributed by atoms with van der Waals surface area (Å²) in [5.74, 6) is 0.0575. The van der Waals surface area contributed by atoms with Gasteiger partial charge in [-0.3, -0.25) is 4.79 Å². The summed E-state index contributed by atoms with van der Waals surface area (Å²) < 4.78 is 5.77. The van der Waals surface area contributed by atoms with Crippen LogP contribution in [-0.4, -0.2) is 22.0 Å². The molecule has 6 nitrogen and oxygen atoms in total. The number of nitrogens with zero attached hydrogens (tertiary/aromatic N) is 1. The number of aliphatic carboxylic acids is 1. The van der Waals surface area contributed by atoms with Crippen LogP contribution in [0.15, 0.2) is 66.7 Å². The molecule has 0 radical (unpaired) electrons. The molecule has 0 unspecified atom stereocenters. The van der Waals surface area contributed by atoms with Crippen molar-refractivity contribution in [3.8, 4) is 11.5 Å². The van der Waals surface area contributed by atoms with Crippen molar-refractivity contribution >= 4 is 29.3 Å². The number of halogens is 1. The van der Waals surface area contributed by atoms with E-state index in [9.17, 15) is 9.59 Å². The van der Waals surface area contributed by atoms with Crippen LogP contribution in [-0.2, 0) is 24.3 Å². The summed E-state index contributed by atoms with van der Waals surface area (Å²) in [5, 5.41) is 12.1. The standard InChI is InChI=1S/C23H19ClN2O4/c24-20-11-15(12-22(27)28)5-10-21(20)30-19-8-6-18(7-9-19)25-23(29)26-13-16-3-1-2-4-17(16)14-26/h1-11H,12-14H2,(H,25,29)(H,27,28). The van der Waals surface area contributed by atoms with Gasteiger partial charge < -0.3 is 20.1 Å². The number of carboxylic acids is 1. The van der Waals surface area contributed by atoms with Crippen molar-refractivity contribution < 1.29 is 19.4 Å². The lowest BCUT2D eigenvalue weighted by molar-refractivity contribution is -0.136. The number of carbonyl (C=O) groups is 2. The van der Waals surface area contributed by atoms with Gasteiger partial charge >= 0.3 is 12.0 Å². The summed E-state index contributed by atoms with van der Waals surface area (Å²) in [5.41, 5.74) is 3.60. The molecule has 0 bridgehead atoms. The average Bonchev–Trinajstić information content (AvgIpc) is 3.15. The SMILES string of the molecule is O=C(O)Cc1ccc(Oc2ccc(NC(=O)N3Cc4ccccc4C3)cc2)c(Cl)c1. The normalized spacial score (nSPS) is 12.4. The second kappa shape index (κ2) is 8.47. The molecule has 3 aromatic carbocycles. The molecule has 1 aliphatic heterocycles. The number of hydrogen-bond donors (Lipinski definition) is 2. The highest BCUT2D eigenvalue weighted by molar-refractivity contribution is 6.32. The van der Waals surface area contributed by atoms with E-state index in [0.717, 1.165) is 0 Å². The Kier molecular flexibility index (Phi) is 5.59. The number of urea groups is 1. The molecule has 30 heavy (non-hydrogen) atoms. The molecule has 0 saturated heterocycles. The first-order chi connectivity index (χ1) is 14.5. The highest BCUT2D eigenvalue weighted by atomic mass is 35.5. The van der Waals surface area contributed by atoms with E-state index >= 15 is 0 Å². The quantitative estimate of drug-likeness (QED) is 0.584. The maximum Gasteiger partial charge on any atom is 0.322 e. The zero-order valence-electron chi connectivity index (χ0n) is 16.0. The number of anilines is 1. The van der Waals surface area contributed by atoms with Gasteiger partial charge in [0, 0.05) is 18.8 Å². The molecule has 0 fully saturated rings. The van der Waals surface area contributed by atoms with Crippen LogP contribution in [0, 0.1) is 0 Å². The van der Waals surface area contributed by atoms with Gasteiger partial charge in [-0.05, 0) is 53.1 Å². The smallest absolute Gasteiger partial charge is 0.322 e. The van der Waals surface area contributed by atoms with Crippen LogP contribution in [0.5, 0.6) is 11.5 Å². The Morgan fingerprint density at radius 3 is 2.27 bits per heavy atom. The predicted molar refractivity (Wildman–Crippen MR) is 114 cm³/mol. The van der Waals surface area contributed by atoms with Gasteiger partial charge in [-0.1, -0.05) is 41.9 Å². The van der Waals surface area contributed by atoms with E-state index in [1.165, 1.54) is 11.1 Å². The maximum atomic E-state index is 12.5. The van der Waals surface area contributed by atoms with Crippen LogP contribution < -0.4 is 10.1 Å². The summed E-state index contributed by atoms with van der Waals surface area (Å²) in [7, 11) is 0. The molecule has 2 amide bonds. The topological polar surface area (TPSA) is 78.9 Å². The van der Waals surface area contributed by atoms with Gasteiger partial charge in [0.2, 0.25) is 0 Å². The van der Waals surface area contributed by atoms with Crippen LogP contribution in [0.2, 0.25) is 5.02 Å². The van der Waals surface area contributed by atoms with E-state index in [4.69, 9.17) is 21.4 Å². The summed E-state index contributed by atoms with van der Waals surface area (Å²) in [4.78, 5) is 25.1. The van der Waals surface area contributed by atoms with Crippen LogP contribution in [0.4, 0.5) is 10.5 Å². The second-order valence-electron chi connectivity index (χ2n) is 7.02. The zero-order chi connectivity index (χ0) is 21.1. The molecule has 3 aromatic rings. The third-order valence-corrected chi connectivity index (χ3v) is 5.11. The van der Waals surface area contributed by atoms with E-state index in [-0.39, 0.29) is 12.5 Å². The van der Waals surface area contributed by atoms with Crippen molar-refractivity contribution in [2.75, 3.05) is 5.32 Å². The van der Waals surface area contributed by atoms with E-state index in [1.54, 1.807) is 47.4 Å². The minimum Gasteiger partial charge on any atom is -0.481 e. The number of carboxylic acid groups (broad SMARTS) is 1. The molecule has 152 valence electrons. The van der Waals surface area contributed by atoms with Gasteiger partial charge in [0.1, 0.15) is 11.5 Å². The Labute approximate surface area is 178 Å². The lowest BCUT2D eigenvalue weighted by Gasteiger charge is -2.16.